The third-order valence-electron chi connectivity index (χ3n) is 3.45. The molecule has 0 aromatic heterocycles. The number of carbonyl (C=O) groups excluding carboxylic acids is 1. The molecule has 1 amide bonds. The molecule has 0 spiro atoms. The lowest BCUT2D eigenvalue weighted by atomic mass is 10.0. The van der Waals surface area contributed by atoms with E-state index in [1.54, 1.807) is 42.5 Å². The number of anilines is 1. The monoisotopic (exact) mass is 298 g/mol. The first-order valence-corrected chi connectivity index (χ1v) is 7.02. The maximum absolute atomic E-state index is 12.4. The quantitative estimate of drug-likeness (QED) is 0.791. The molecule has 0 bridgehead atoms. The average Bonchev–Trinajstić information content (AvgIpc) is 2.54. The van der Waals surface area contributed by atoms with Gasteiger partial charge in [-0.05, 0) is 35.7 Å². The maximum Gasteiger partial charge on any atom is 0.337 e. The Morgan fingerprint density at radius 3 is 2.50 bits per heavy atom. The fourth-order valence-electron chi connectivity index (χ4n) is 2.21. The van der Waals surface area contributed by atoms with Crippen LogP contribution in [0.4, 0.5) is 5.69 Å². The molecule has 0 aliphatic carbocycles. The minimum Gasteiger partial charge on any atom is -0.478 e. The van der Waals surface area contributed by atoms with Crippen molar-refractivity contribution < 1.29 is 14.7 Å². The molecule has 5 heteroatoms. The molecule has 0 saturated carbocycles. The van der Waals surface area contributed by atoms with Crippen molar-refractivity contribution in [3.8, 4) is 0 Å². The first-order valence-electron chi connectivity index (χ1n) is 7.02. The summed E-state index contributed by atoms with van der Waals surface area (Å²) in [5.74, 6) is -1.44. The molecule has 2 aromatic carbocycles. The van der Waals surface area contributed by atoms with Crippen molar-refractivity contribution in [3.63, 3.8) is 0 Å². The van der Waals surface area contributed by atoms with Gasteiger partial charge in [-0.3, -0.25) is 4.79 Å². The second-order valence-electron chi connectivity index (χ2n) is 4.85. The SMILES string of the molecule is CCc1ccc(NC(=O)c2ccccc2CN)c(C(=O)O)c1. The van der Waals surface area contributed by atoms with Crippen LogP contribution in [-0.2, 0) is 13.0 Å². The lowest BCUT2D eigenvalue weighted by Crippen LogP contribution is -2.17. The third kappa shape index (κ3) is 3.32. The van der Waals surface area contributed by atoms with Crippen LogP contribution in [0.5, 0.6) is 0 Å². The summed E-state index contributed by atoms with van der Waals surface area (Å²) >= 11 is 0. The van der Waals surface area contributed by atoms with Gasteiger partial charge in [0.05, 0.1) is 11.3 Å². The minimum atomic E-state index is -1.07. The van der Waals surface area contributed by atoms with E-state index in [1.807, 2.05) is 6.92 Å². The molecule has 22 heavy (non-hydrogen) atoms. The Hall–Kier alpha value is -2.66. The summed E-state index contributed by atoms with van der Waals surface area (Å²) in [4.78, 5) is 23.7. The molecule has 0 unspecified atom stereocenters. The van der Waals surface area contributed by atoms with Gasteiger partial charge < -0.3 is 16.2 Å². The summed E-state index contributed by atoms with van der Waals surface area (Å²) < 4.78 is 0. The molecule has 114 valence electrons. The molecule has 2 rings (SSSR count). The van der Waals surface area contributed by atoms with Gasteiger partial charge in [-0.15, -0.1) is 0 Å². The highest BCUT2D eigenvalue weighted by Gasteiger charge is 2.15. The first-order chi connectivity index (χ1) is 10.6. The highest BCUT2D eigenvalue weighted by Crippen LogP contribution is 2.20. The van der Waals surface area contributed by atoms with Crippen LogP contribution in [0.2, 0.25) is 0 Å². The van der Waals surface area contributed by atoms with Gasteiger partial charge in [0.25, 0.3) is 5.91 Å². The zero-order valence-electron chi connectivity index (χ0n) is 12.3. The molecule has 2 aromatic rings. The number of hydrogen-bond acceptors (Lipinski definition) is 3. The standard InChI is InChI=1S/C17H18N2O3/c1-2-11-7-8-15(14(9-11)17(21)22)19-16(20)13-6-4-3-5-12(13)10-18/h3-9H,2,10,18H2,1H3,(H,19,20)(H,21,22). The Labute approximate surface area is 128 Å². The molecule has 0 aliphatic heterocycles. The van der Waals surface area contributed by atoms with Crippen LogP contribution in [0.25, 0.3) is 0 Å². The van der Waals surface area contributed by atoms with Crippen molar-refractivity contribution in [2.24, 2.45) is 5.73 Å². The van der Waals surface area contributed by atoms with E-state index >= 15 is 0 Å². The zero-order chi connectivity index (χ0) is 16.1. The van der Waals surface area contributed by atoms with Crippen LogP contribution < -0.4 is 11.1 Å². The van der Waals surface area contributed by atoms with Crippen LogP contribution in [0.15, 0.2) is 42.5 Å². The summed E-state index contributed by atoms with van der Waals surface area (Å²) in [5, 5.41) is 12.0. The summed E-state index contributed by atoms with van der Waals surface area (Å²) in [7, 11) is 0. The number of carboxylic acid groups (broad SMARTS) is 1. The molecule has 0 radical (unpaired) electrons. The van der Waals surface area contributed by atoms with Gasteiger partial charge in [0.1, 0.15) is 0 Å². The van der Waals surface area contributed by atoms with Crippen molar-refractivity contribution in [1.29, 1.82) is 0 Å². The molecular formula is C17H18N2O3. The Morgan fingerprint density at radius 1 is 1.14 bits per heavy atom. The van der Waals surface area contributed by atoms with E-state index < -0.39 is 5.97 Å². The number of aromatic carboxylic acids is 1. The number of nitrogens with two attached hydrogens (primary N) is 1. The van der Waals surface area contributed by atoms with Crippen LogP contribution in [0.1, 0.15) is 38.8 Å². The van der Waals surface area contributed by atoms with Gasteiger partial charge in [-0.2, -0.15) is 0 Å². The normalized spacial score (nSPS) is 10.3. The summed E-state index contributed by atoms with van der Waals surface area (Å²) in [6.45, 7) is 2.18. The van der Waals surface area contributed by atoms with Crippen molar-refractivity contribution >= 4 is 17.6 Å². The van der Waals surface area contributed by atoms with Gasteiger partial charge in [-0.25, -0.2) is 4.79 Å². The highest BCUT2D eigenvalue weighted by atomic mass is 16.4. The van der Waals surface area contributed by atoms with Gasteiger partial charge in [0.15, 0.2) is 0 Å². The van der Waals surface area contributed by atoms with Crippen LogP contribution in [0, 0.1) is 0 Å². The number of carboxylic acids is 1. The average molecular weight is 298 g/mol. The summed E-state index contributed by atoms with van der Waals surface area (Å²) in [6.07, 6.45) is 0.727. The molecule has 4 N–H and O–H groups in total. The molecular weight excluding hydrogens is 280 g/mol. The number of benzene rings is 2. The number of hydrogen-bond donors (Lipinski definition) is 3. The maximum atomic E-state index is 12.4. The minimum absolute atomic E-state index is 0.0814. The summed E-state index contributed by atoms with van der Waals surface area (Å²) in [5.41, 5.74) is 8.04. The zero-order valence-corrected chi connectivity index (χ0v) is 12.3. The van der Waals surface area contributed by atoms with E-state index in [-0.39, 0.29) is 23.7 Å². The van der Waals surface area contributed by atoms with E-state index in [1.165, 1.54) is 0 Å². The van der Waals surface area contributed by atoms with E-state index in [0.717, 1.165) is 12.0 Å². The lowest BCUT2D eigenvalue weighted by Gasteiger charge is -2.12. The van der Waals surface area contributed by atoms with Gasteiger partial charge in [0.2, 0.25) is 0 Å². The Morgan fingerprint density at radius 2 is 1.86 bits per heavy atom. The van der Waals surface area contributed by atoms with E-state index in [0.29, 0.717) is 11.1 Å². The predicted octanol–water partition coefficient (Wildman–Crippen LogP) is 2.66. The number of nitrogens with one attached hydrogen (secondary N) is 1. The van der Waals surface area contributed by atoms with Gasteiger partial charge >= 0.3 is 5.97 Å². The van der Waals surface area contributed by atoms with Crippen molar-refractivity contribution in [2.45, 2.75) is 19.9 Å². The highest BCUT2D eigenvalue weighted by molar-refractivity contribution is 6.08. The molecule has 0 fully saturated rings. The first kappa shape index (κ1) is 15.7. The number of carbonyl (C=O) groups is 2. The Bertz CT molecular complexity index is 711. The number of amides is 1. The second-order valence-corrected chi connectivity index (χ2v) is 4.85. The molecule has 0 saturated heterocycles. The van der Waals surface area contributed by atoms with E-state index in [2.05, 4.69) is 5.32 Å². The smallest absolute Gasteiger partial charge is 0.337 e. The molecule has 0 atom stereocenters. The largest absolute Gasteiger partial charge is 0.478 e. The molecule has 0 aliphatic rings. The molecule has 5 nitrogen and oxygen atoms in total. The second kappa shape index (κ2) is 6.87. The predicted molar refractivity (Wildman–Crippen MR) is 85.1 cm³/mol. The van der Waals surface area contributed by atoms with E-state index in [9.17, 15) is 14.7 Å². The Balaban J connectivity index is 2.34. The van der Waals surface area contributed by atoms with Crippen molar-refractivity contribution in [2.75, 3.05) is 5.32 Å². The number of aryl methyl sites for hydroxylation is 1. The van der Waals surface area contributed by atoms with Gasteiger partial charge in [-0.1, -0.05) is 31.2 Å². The summed E-state index contributed by atoms with van der Waals surface area (Å²) in [6, 6.07) is 12.0. The third-order valence-corrected chi connectivity index (χ3v) is 3.45. The van der Waals surface area contributed by atoms with Gasteiger partial charge in [0, 0.05) is 12.1 Å². The van der Waals surface area contributed by atoms with Crippen LogP contribution >= 0.6 is 0 Å². The van der Waals surface area contributed by atoms with Crippen molar-refractivity contribution in [3.05, 3.63) is 64.7 Å². The van der Waals surface area contributed by atoms with Crippen LogP contribution in [-0.4, -0.2) is 17.0 Å². The number of rotatable bonds is 5. The van der Waals surface area contributed by atoms with Crippen molar-refractivity contribution in [1.82, 2.24) is 0 Å². The Kier molecular flexibility index (Phi) is 4.91. The fourth-order valence-corrected chi connectivity index (χ4v) is 2.21. The topological polar surface area (TPSA) is 92.4 Å². The fraction of sp³-hybridized carbons (Fsp3) is 0.176. The lowest BCUT2D eigenvalue weighted by molar-refractivity contribution is 0.0698. The van der Waals surface area contributed by atoms with Crippen LogP contribution in [0.3, 0.4) is 0 Å². The van der Waals surface area contributed by atoms with E-state index in [4.69, 9.17) is 5.73 Å². The molecule has 0 heterocycles.